The molecule has 2 amide bonds. The molecule has 1 aromatic heterocycles. The molecule has 8 heteroatoms. The number of benzene rings is 1. The first kappa shape index (κ1) is 22.4. The van der Waals surface area contributed by atoms with Crippen molar-refractivity contribution in [2.75, 3.05) is 26.9 Å². The van der Waals surface area contributed by atoms with E-state index in [4.69, 9.17) is 9.47 Å². The van der Waals surface area contributed by atoms with Crippen LogP contribution in [0.25, 0.3) is 0 Å². The number of Topliss-reactive ketones (excluding diaryl/α,β-unsaturated/α-hetero) is 1. The molecule has 31 heavy (non-hydrogen) atoms. The van der Waals surface area contributed by atoms with Crippen molar-refractivity contribution in [3.63, 3.8) is 0 Å². The topological polar surface area (TPSA) is 94.9 Å². The monoisotopic (exact) mass is 426 g/mol. The number of esters is 1. The number of carbonyl (C=O) groups is 4. The predicted molar refractivity (Wildman–Crippen MR) is 112 cm³/mol. The summed E-state index contributed by atoms with van der Waals surface area (Å²) in [6.07, 6.45) is 0.525. The van der Waals surface area contributed by atoms with Gasteiger partial charge in [0.2, 0.25) is 5.78 Å². The van der Waals surface area contributed by atoms with Crippen molar-refractivity contribution in [1.82, 2.24) is 9.47 Å². The Morgan fingerprint density at radius 3 is 2.39 bits per heavy atom. The summed E-state index contributed by atoms with van der Waals surface area (Å²) in [5.41, 5.74) is 2.85. The minimum atomic E-state index is -0.724. The molecule has 3 rings (SSSR count). The third-order valence-corrected chi connectivity index (χ3v) is 5.46. The molecule has 0 unspecified atom stereocenters. The summed E-state index contributed by atoms with van der Waals surface area (Å²) in [7, 11) is 1.55. The number of imide groups is 1. The van der Waals surface area contributed by atoms with E-state index in [9.17, 15) is 19.2 Å². The molecule has 2 aromatic rings. The van der Waals surface area contributed by atoms with E-state index in [2.05, 4.69) is 0 Å². The lowest BCUT2D eigenvalue weighted by Crippen LogP contribution is -2.31. The molecule has 164 valence electrons. The van der Waals surface area contributed by atoms with Crippen molar-refractivity contribution >= 4 is 23.6 Å². The molecule has 0 spiro atoms. The van der Waals surface area contributed by atoms with Crippen molar-refractivity contribution in [1.29, 1.82) is 0 Å². The van der Waals surface area contributed by atoms with Crippen molar-refractivity contribution in [3.05, 3.63) is 57.9 Å². The number of aromatic nitrogens is 1. The van der Waals surface area contributed by atoms with E-state index >= 15 is 0 Å². The highest BCUT2D eigenvalue weighted by atomic mass is 16.5. The van der Waals surface area contributed by atoms with E-state index in [0.717, 1.165) is 22.8 Å². The standard InChI is InChI=1S/C23H26N2O6/c1-5-24-14(2)11-18(15(24)3)20(26)13-31-23(29)16-7-8-17-19(12-16)22(28)25(21(17)27)9-6-10-30-4/h7-8,11-12H,5-6,9-10,13H2,1-4H3. The van der Waals surface area contributed by atoms with Crippen molar-refractivity contribution in [2.24, 2.45) is 0 Å². The second kappa shape index (κ2) is 9.26. The quantitative estimate of drug-likeness (QED) is 0.265. The maximum absolute atomic E-state index is 12.6. The zero-order valence-corrected chi connectivity index (χ0v) is 18.2. The fourth-order valence-electron chi connectivity index (χ4n) is 3.85. The van der Waals surface area contributed by atoms with Gasteiger partial charge in [-0.15, -0.1) is 0 Å². The van der Waals surface area contributed by atoms with Gasteiger partial charge >= 0.3 is 5.97 Å². The van der Waals surface area contributed by atoms with Crippen molar-refractivity contribution < 1.29 is 28.7 Å². The van der Waals surface area contributed by atoms with E-state index in [-0.39, 0.29) is 29.0 Å². The van der Waals surface area contributed by atoms with Crippen LogP contribution in [0.15, 0.2) is 24.3 Å². The highest BCUT2D eigenvalue weighted by Gasteiger charge is 2.35. The highest BCUT2D eigenvalue weighted by Crippen LogP contribution is 2.24. The van der Waals surface area contributed by atoms with Gasteiger partial charge in [-0.3, -0.25) is 19.3 Å². The van der Waals surface area contributed by atoms with Crippen LogP contribution in [-0.4, -0.2) is 59.9 Å². The third-order valence-electron chi connectivity index (χ3n) is 5.46. The number of amides is 2. The maximum Gasteiger partial charge on any atom is 0.338 e. The van der Waals surface area contributed by atoms with Gasteiger partial charge in [0.25, 0.3) is 11.8 Å². The summed E-state index contributed by atoms with van der Waals surface area (Å²) in [6.45, 7) is 6.78. The Hall–Kier alpha value is -3.26. The minimum absolute atomic E-state index is 0.116. The molecule has 2 heterocycles. The lowest BCUT2D eigenvalue weighted by Gasteiger charge is -2.12. The first-order valence-electron chi connectivity index (χ1n) is 10.2. The number of methoxy groups -OCH3 is 1. The van der Waals surface area contributed by atoms with Crippen molar-refractivity contribution in [3.8, 4) is 0 Å². The molecular formula is C23H26N2O6. The molecular weight excluding hydrogens is 400 g/mol. The summed E-state index contributed by atoms with van der Waals surface area (Å²) >= 11 is 0. The molecule has 0 aliphatic carbocycles. The molecule has 8 nitrogen and oxygen atoms in total. The maximum atomic E-state index is 12.6. The summed E-state index contributed by atoms with van der Waals surface area (Å²) in [5, 5.41) is 0. The smallest absolute Gasteiger partial charge is 0.338 e. The predicted octanol–water partition coefficient (Wildman–Crippen LogP) is 2.80. The number of fused-ring (bicyclic) bond motifs is 1. The van der Waals surface area contributed by atoms with Crippen LogP contribution < -0.4 is 0 Å². The third kappa shape index (κ3) is 4.29. The summed E-state index contributed by atoms with van der Waals surface area (Å²) in [4.78, 5) is 51.2. The van der Waals surface area contributed by atoms with Crippen LogP contribution in [0.2, 0.25) is 0 Å². The second-order valence-electron chi connectivity index (χ2n) is 7.40. The SMILES string of the molecule is CCn1c(C)cc(C(=O)COC(=O)c2ccc3c(c2)C(=O)N(CCCOC)C3=O)c1C. The number of nitrogens with zero attached hydrogens (tertiary/aromatic N) is 2. The number of rotatable bonds is 9. The zero-order chi connectivity index (χ0) is 22.7. The molecule has 1 aliphatic rings. The highest BCUT2D eigenvalue weighted by molar-refractivity contribution is 6.22. The van der Waals surface area contributed by atoms with Crippen LogP contribution in [0, 0.1) is 13.8 Å². The van der Waals surface area contributed by atoms with Gasteiger partial charge in [-0.1, -0.05) is 0 Å². The van der Waals surface area contributed by atoms with Gasteiger partial charge in [-0.2, -0.15) is 0 Å². The Labute approximate surface area is 180 Å². The lowest BCUT2D eigenvalue weighted by molar-refractivity contribution is 0.0474. The van der Waals surface area contributed by atoms with Gasteiger partial charge in [0.1, 0.15) is 0 Å². The van der Waals surface area contributed by atoms with Gasteiger partial charge < -0.3 is 14.0 Å². The van der Waals surface area contributed by atoms with Gasteiger partial charge in [-0.25, -0.2) is 4.79 Å². The Kier molecular flexibility index (Phi) is 6.70. The van der Waals surface area contributed by atoms with E-state index in [1.54, 1.807) is 13.2 Å². The fourth-order valence-corrected chi connectivity index (χ4v) is 3.85. The number of ether oxygens (including phenoxy) is 2. The molecule has 0 bridgehead atoms. The zero-order valence-electron chi connectivity index (χ0n) is 18.2. The summed E-state index contributed by atoms with van der Waals surface area (Å²) < 4.78 is 12.2. The first-order valence-corrected chi connectivity index (χ1v) is 10.2. The van der Waals surface area contributed by atoms with Gasteiger partial charge in [0.05, 0.1) is 16.7 Å². The van der Waals surface area contributed by atoms with Crippen LogP contribution >= 0.6 is 0 Å². The molecule has 0 fully saturated rings. The number of hydrogen-bond donors (Lipinski definition) is 0. The van der Waals surface area contributed by atoms with E-state index in [1.807, 2.05) is 25.3 Å². The normalized spacial score (nSPS) is 13.0. The minimum Gasteiger partial charge on any atom is -0.454 e. The van der Waals surface area contributed by atoms with Gasteiger partial charge in [0, 0.05) is 43.8 Å². The fraction of sp³-hybridized carbons (Fsp3) is 0.391. The summed E-state index contributed by atoms with van der Waals surface area (Å²) in [5.74, 6) is -1.86. The molecule has 1 aliphatic heterocycles. The molecule has 0 atom stereocenters. The Morgan fingerprint density at radius 1 is 1.03 bits per heavy atom. The molecule has 1 aromatic carbocycles. The number of hydrogen-bond acceptors (Lipinski definition) is 6. The average molecular weight is 426 g/mol. The Balaban J connectivity index is 1.69. The molecule has 0 N–H and O–H groups in total. The lowest BCUT2D eigenvalue weighted by atomic mass is 10.1. The molecule has 0 saturated carbocycles. The Bertz CT molecular complexity index is 1050. The number of aryl methyl sites for hydroxylation is 1. The average Bonchev–Trinajstić information content (AvgIpc) is 3.18. The Morgan fingerprint density at radius 2 is 1.74 bits per heavy atom. The van der Waals surface area contributed by atoms with E-state index < -0.39 is 24.4 Å². The molecule has 0 radical (unpaired) electrons. The van der Waals surface area contributed by atoms with Crippen molar-refractivity contribution in [2.45, 2.75) is 33.7 Å². The van der Waals surface area contributed by atoms with E-state index in [1.165, 1.54) is 18.2 Å². The molecule has 0 saturated heterocycles. The van der Waals surface area contributed by atoms with Crippen LogP contribution in [-0.2, 0) is 16.0 Å². The van der Waals surface area contributed by atoms with Crippen LogP contribution in [0.1, 0.15) is 66.2 Å². The summed E-state index contributed by atoms with van der Waals surface area (Å²) in [6, 6.07) is 6.01. The second-order valence-corrected chi connectivity index (χ2v) is 7.40. The van der Waals surface area contributed by atoms with Crippen LogP contribution in [0.4, 0.5) is 0 Å². The van der Waals surface area contributed by atoms with Crippen LogP contribution in [0.5, 0.6) is 0 Å². The van der Waals surface area contributed by atoms with E-state index in [0.29, 0.717) is 18.6 Å². The van der Waals surface area contributed by atoms with Gasteiger partial charge in [0.15, 0.2) is 6.61 Å². The number of ketones is 1. The van der Waals surface area contributed by atoms with Crippen LogP contribution in [0.3, 0.4) is 0 Å². The largest absolute Gasteiger partial charge is 0.454 e. The number of carbonyl (C=O) groups excluding carboxylic acids is 4. The van der Waals surface area contributed by atoms with Gasteiger partial charge in [-0.05, 0) is 51.5 Å². The first-order chi connectivity index (χ1) is 14.8.